The standard InChI is InChI=1S/C29H28FN5O4/c1-34-14-10-19(11-15-34)5-6-20-7-8-25-24(16-20)35(2)29(37)23(18-38-25)33-28(36)22-17-21(9-13-31-22)39-26-4-3-12-32-27(26)30/h3-4,7-9,12-13,16-17,19,23H,10-11,14-15,18H2,1-2H3,(H,33,36). The van der Waals surface area contributed by atoms with Crippen molar-refractivity contribution in [2.24, 2.45) is 5.92 Å². The Morgan fingerprint density at radius 3 is 2.74 bits per heavy atom. The van der Waals surface area contributed by atoms with E-state index in [2.05, 4.69) is 39.1 Å². The van der Waals surface area contributed by atoms with Crippen LogP contribution >= 0.6 is 0 Å². The van der Waals surface area contributed by atoms with Crippen molar-refractivity contribution in [1.29, 1.82) is 0 Å². The first-order chi connectivity index (χ1) is 18.9. The molecule has 2 aliphatic rings. The zero-order valence-corrected chi connectivity index (χ0v) is 21.7. The second-order valence-corrected chi connectivity index (χ2v) is 9.53. The number of carbonyl (C=O) groups is 2. The van der Waals surface area contributed by atoms with Gasteiger partial charge < -0.3 is 24.6 Å². The number of pyridine rings is 2. The highest BCUT2D eigenvalue weighted by Gasteiger charge is 2.31. The predicted molar refractivity (Wildman–Crippen MR) is 142 cm³/mol. The number of hydrogen-bond acceptors (Lipinski definition) is 7. The van der Waals surface area contributed by atoms with Gasteiger partial charge in [-0.05, 0) is 69.4 Å². The summed E-state index contributed by atoms with van der Waals surface area (Å²) < 4.78 is 25.2. The summed E-state index contributed by atoms with van der Waals surface area (Å²) in [6, 6.07) is 10.3. The van der Waals surface area contributed by atoms with Gasteiger partial charge >= 0.3 is 0 Å². The van der Waals surface area contributed by atoms with Crippen LogP contribution < -0.4 is 19.7 Å². The van der Waals surface area contributed by atoms with Crippen molar-refractivity contribution in [3.05, 3.63) is 72.1 Å². The number of likely N-dealkylation sites (N-methyl/N-ethyl adjacent to an activating group) is 1. The van der Waals surface area contributed by atoms with Crippen molar-refractivity contribution in [1.82, 2.24) is 20.2 Å². The fourth-order valence-electron chi connectivity index (χ4n) is 4.42. The van der Waals surface area contributed by atoms with Crippen LogP contribution in [0.5, 0.6) is 17.2 Å². The quantitative estimate of drug-likeness (QED) is 0.409. The molecule has 0 radical (unpaired) electrons. The minimum absolute atomic E-state index is 0.000444. The second-order valence-electron chi connectivity index (χ2n) is 9.53. The zero-order chi connectivity index (χ0) is 27.4. The van der Waals surface area contributed by atoms with Gasteiger partial charge in [0, 0.05) is 37.0 Å². The monoisotopic (exact) mass is 529 g/mol. The molecule has 9 nitrogen and oxygen atoms in total. The molecule has 1 unspecified atom stereocenters. The number of nitrogens with one attached hydrogen (secondary N) is 1. The SMILES string of the molecule is CN1CCC(C#Cc2ccc3c(c2)N(C)C(=O)C(NC(=O)c2cc(Oc4cccnc4F)ccn2)CO3)CC1. The van der Waals surface area contributed by atoms with Crippen LogP contribution in [0.25, 0.3) is 0 Å². The van der Waals surface area contributed by atoms with E-state index in [-0.39, 0.29) is 29.7 Å². The van der Waals surface area contributed by atoms with Crippen LogP contribution in [0, 0.1) is 23.7 Å². The van der Waals surface area contributed by atoms with E-state index in [1.807, 2.05) is 12.1 Å². The van der Waals surface area contributed by atoms with Crippen molar-refractivity contribution >= 4 is 17.5 Å². The Balaban J connectivity index is 1.26. The molecule has 0 saturated carbocycles. The van der Waals surface area contributed by atoms with Crippen LogP contribution in [0.4, 0.5) is 10.1 Å². The number of anilines is 1. The molecule has 0 spiro atoms. The van der Waals surface area contributed by atoms with Gasteiger partial charge in [0.1, 0.15) is 29.8 Å². The highest BCUT2D eigenvalue weighted by Crippen LogP contribution is 2.32. The lowest BCUT2D eigenvalue weighted by molar-refractivity contribution is -0.120. The lowest BCUT2D eigenvalue weighted by Gasteiger charge is -2.25. The van der Waals surface area contributed by atoms with Gasteiger partial charge in [0.2, 0.25) is 0 Å². The number of aromatic nitrogens is 2. The average Bonchev–Trinajstić information content (AvgIpc) is 3.06. The highest BCUT2D eigenvalue weighted by molar-refractivity contribution is 6.03. The van der Waals surface area contributed by atoms with Crippen molar-refractivity contribution in [3.8, 4) is 29.1 Å². The van der Waals surface area contributed by atoms with Gasteiger partial charge in [-0.15, -0.1) is 0 Å². The van der Waals surface area contributed by atoms with Crippen LogP contribution in [0.2, 0.25) is 0 Å². The minimum Gasteiger partial charge on any atom is -0.489 e. The summed E-state index contributed by atoms with van der Waals surface area (Å²) in [7, 11) is 3.76. The van der Waals surface area contributed by atoms with Crippen LogP contribution in [0.15, 0.2) is 54.9 Å². The van der Waals surface area contributed by atoms with Gasteiger partial charge in [0.05, 0.1) is 5.69 Å². The molecule has 0 bridgehead atoms. The Morgan fingerprint density at radius 2 is 1.95 bits per heavy atom. The predicted octanol–water partition coefficient (Wildman–Crippen LogP) is 3.26. The van der Waals surface area contributed by atoms with Crippen LogP contribution in [0.3, 0.4) is 0 Å². The molecule has 2 aliphatic heterocycles. The van der Waals surface area contributed by atoms with Gasteiger partial charge in [-0.1, -0.05) is 11.8 Å². The van der Waals surface area contributed by atoms with Crippen molar-refractivity contribution in [2.75, 3.05) is 38.7 Å². The normalized spacial score (nSPS) is 17.8. The third-order valence-corrected chi connectivity index (χ3v) is 6.72. The third kappa shape index (κ3) is 6.16. The first kappa shape index (κ1) is 26.1. The third-order valence-electron chi connectivity index (χ3n) is 6.72. The van der Waals surface area contributed by atoms with Gasteiger partial charge in [0.25, 0.3) is 17.8 Å². The molecular weight excluding hydrogens is 501 g/mol. The van der Waals surface area contributed by atoms with E-state index < -0.39 is 17.9 Å². The first-order valence-corrected chi connectivity index (χ1v) is 12.7. The second kappa shape index (κ2) is 11.5. The summed E-state index contributed by atoms with van der Waals surface area (Å²) in [5.74, 6) is 5.89. The molecule has 1 N–H and O–H groups in total. The molecular formula is C29H28FN5O4. The fraction of sp³-hybridized carbons (Fsp3) is 0.310. The Morgan fingerprint density at radius 1 is 1.13 bits per heavy atom. The maximum Gasteiger partial charge on any atom is 0.270 e. The Kier molecular flexibility index (Phi) is 7.70. The molecule has 1 fully saturated rings. The van der Waals surface area contributed by atoms with E-state index in [0.29, 0.717) is 17.4 Å². The number of halogens is 1. The van der Waals surface area contributed by atoms with Crippen LogP contribution in [-0.2, 0) is 4.79 Å². The summed E-state index contributed by atoms with van der Waals surface area (Å²) >= 11 is 0. The van der Waals surface area contributed by atoms with E-state index in [1.54, 1.807) is 13.1 Å². The number of piperidine rings is 1. The van der Waals surface area contributed by atoms with E-state index in [4.69, 9.17) is 9.47 Å². The summed E-state index contributed by atoms with van der Waals surface area (Å²) in [4.78, 5) is 37.6. The van der Waals surface area contributed by atoms with Crippen molar-refractivity contribution < 1.29 is 23.5 Å². The van der Waals surface area contributed by atoms with Gasteiger partial charge in [-0.25, -0.2) is 4.98 Å². The van der Waals surface area contributed by atoms with Gasteiger partial charge in [-0.3, -0.25) is 14.6 Å². The lowest BCUT2D eigenvalue weighted by Crippen LogP contribution is -2.49. The van der Waals surface area contributed by atoms with Crippen molar-refractivity contribution in [3.63, 3.8) is 0 Å². The molecule has 5 rings (SSSR count). The smallest absolute Gasteiger partial charge is 0.270 e. The molecule has 4 heterocycles. The number of fused-ring (bicyclic) bond motifs is 1. The number of rotatable bonds is 4. The molecule has 200 valence electrons. The molecule has 10 heteroatoms. The molecule has 1 atom stereocenters. The zero-order valence-electron chi connectivity index (χ0n) is 21.7. The lowest BCUT2D eigenvalue weighted by atomic mass is 9.97. The van der Waals surface area contributed by atoms with E-state index in [0.717, 1.165) is 31.5 Å². The number of ether oxygens (including phenoxy) is 2. The molecule has 2 aromatic heterocycles. The molecule has 1 saturated heterocycles. The number of carbonyl (C=O) groups excluding carboxylic acids is 2. The number of benzene rings is 1. The van der Waals surface area contributed by atoms with Crippen molar-refractivity contribution in [2.45, 2.75) is 18.9 Å². The number of nitrogens with zero attached hydrogens (tertiary/aromatic N) is 4. The molecule has 39 heavy (non-hydrogen) atoms. The maximum atomic E-state index is 13.8. The first-order valence-electron chi connectivity index (χ1n) is 12.7. The highest BCUT2D eigenvalue weighted by atomic mass is 19.1. The van der Waals surface area contributed by atoms with Crippen LogP contribution in [-0.4, -0.2) is 66.5 Å². The van der Waals surface area contributed by atoms with Gasteiger partial charge in [-0.2, -0.15) is 4.39 Å². The topological polar surface area (TPSA) is 96.9 Å². The molecule has 3 aromatic rings. The summed E-state index contributed by atoms with van der Waals surface area (Å²) in [5.41, 5.74) is 1.38. The van der Waals surface area contributed by atoms with Gasteiger partial charge in [0.15, 0.2) is 5.75 Å². The van der Waals surface area contributed by atoms with E-state index in [9.17, 15) is 14.0 Å². The Bertz CT molecular complexity index is 1440. The Hall–Kier alpha value is -4.49. The summed E-state index contributed by atoms with van der Waals surface area (Å²) in [6.07, 6.45) is 4.75. The summed E-state index contributed by atoms with van der Waals surface area (Å²) in [6.45, 7) is 2.02. The van der Waals surface area contributed by atoms with Crippen LogP contribution in [0.1, 0.15) is 28.9 Å². The summed E-state index contributed by atoms with van der Waals surface area (Å²) in [5, 5.41) is 2.69. The maximum absolute atomic E-state index is 13.8. The molecule has 1 aromatic carbocycles. The number of amides is 2. The number of hydrogen-bond donors (Lipinski definition) is 1. The number of likely N-dealkylation sites (tertiary alicyclic amines) is 1. The average molecular weight is 530 g/mol. The largest absolute Gasteiger partial charge is 0.489 e. The molecule has 2 amide bonds. The van der Waals surface area contributed by atoms with E-state index >= 15 is 0 Å². The molecule has 0 aliphatic carbocycles. The fourth-order valence-corrected chi connectivity index (χ4v) is 4.42. The van der Waals surface area contributed by atoms with E-state index in [1.165, 1.54) is 41.6 Å². The minimum atomic E-state index is -0.953. The Labute approximate surface area is 226 Å².